The van der Waals surface area contributed by atoms with Gasteiger partial charge in [0.1, 0.15) is 0 Å². The monoisotopic (exact) mass is 230 g/mol. The van der Waals surface area contributed by atoms with E-state index in [0.717, 1.165) is 12.0 Å². The maximum atomic E-state index is 12.2. The highest BCUT2D eigenvalue weighted by molar-refractivity contribution is 6.06. The fourth-order valence-electron chi connectivity index (χ4n) is 2.44. The molecule has 2 N–H and O–H groups in total. The second-order valence-electron chi connectivity index (χ2n) is 4.74. The normalized spacial score (nSPS) is 32.1. The quantitative estimate of drug-likeness (QED) is 0.758. The van der Waals surface area contributed by atoms with Crippen molar-refractivity contribution in [3.8, 4) is 0 Å². The molecule has 0 aromatic heterocycles. The lowest BCUT2D eigenvalue weighted by atomic mass is 9.98. The summed E-state index contributed by atoms with van der Waals surface area (Å²) >= 11 is 0. The molecule has 3 rings (SSSR count). The van der Waals surface area contributed by atoms with Crippen molar-refractivity contribution in [2.24, 2.45) is 5.73 Å². The van der Waals surface area contributed by atoms with E-state index in [2.05, 4.69) is 0 Å². The van der Waals surface area contributed by atoms with Crippen LogP contribution in [0.5, 0.6) is 0 Å². The van der Waals surface area contributed by atoms with Crippen LogP contribution in [-0.4, -0.2) is 28.8 Å². The Kier molecular flexibility index (Phi) is 2.26. The van der Waals surface area contributed by atoms with E-state index in [1.807, 2.05) is 30.3 Å². The number of hydrogen-bond donors (Lipinski definition) is 1. The number of nitrogens with two attached hydrogens (primary N) is 1. The predicted octanol–water partition coefficient (Wildman–Crippen LogP) is 0.629. The van der Waals surface area contributed by atoms with Crippen LogP contribution in [0.2, 0.25) is 0 Å². The molecule has 1 aliphatic carbocycles. The van der Waals surface area contributed by atoms with E-state index < -0.39 is 0 Å². The van der Waals surface area contributed by atoms with Crippen LogP contribution in [0.4, 0.5) is 0 Å². The van der Waals surface area contributed by atoms with Gasteiger partial charge in [-0.2, -0.15) is 0 Å². The Labute approximate surface area is 99.4 Å². The molecule has 17 heavy (non-hydrogen) atoms. The van der Waals surface area contributed by atoms with E-state index in [-0.39, 0.29) is 36.2 Å². The minimum atomic E-state index is -0.309. The van der Waals surface area contributed by atoms with Crippen LogP contribution in [0.25, 0.3) is 0 Å². The summed E-state index contributed by atoms with van der Waals surface area (Å²) in [6.07, 6.45) is 1.03. The molecule has 1 saturated carbocycles. The highest BCUT2D eigenvalue weighted by atomic mass is 16.2. The van der Waals surface area contributed by atoms with Gasteiger partial charge >= 0.3 is 0 Å². The zero-order valence-electron chi connectivity index (χ0n) is 9.37. The Bertz CT molecular complexity index is 472. The number of carbonyl (C=O) groups excluding carboxylic acids is 2. The molecule has 1 saturated heterocycles. The predicted molar refractivity (Wildman–Crippen MR) is 62.0 cm³/mol. The SMILES string of the molecule is NC1CC1N1C(=O)CC(c2ccccc2)C1=O. The zero-order chi connectivity index (χ0) is 12.0. The first-order chi connectivity index (χ1) is 8.18. The molecule has 88 valence electrons. The summed E-state index contributed by atoms with van der Waals surface area (Å²) < 4.78 is 0. The van der Waals surface area contributed by atoms with Gasteiger partial charge in [-0.25, -0.2) is 0 Å². The molecular weight excluding hydrogens is 216 g/mol. The molecule has 2 amide bonds. The molecule has 3 unspecified atom stereocenters. The zero-order valence-corrected chi connectivity index (χ0v) is 9.37. The van der Waals surface area contributed by atoms with Crippen molar-refractivity contribution in [2.45, 2.75) is 30.8 Å². The highest BCUT2D eigenvalue weighted by Gasteiger charge is 2.50. The van der Waals surface area contributed by atoms with E-state index >= 15 is 0 Å². The Morgan fingerprint density at radius 2 is 1.82 bits per heavy atom. The molecule has 1 aliphatic heterocycles. The third kappa shape index (κ3) is 1.65. The maximum Gasteiger partial charge on any atom is 0.237 e. The molecule has 0 bridgehead atoms. The van der Waals surface area contributed by atoms with Crippen molar-refractivity contribution in [1.82, 2.24) is 4.90 Å². The minimum Gasteiger partial charge on any atom is -0.326 e. The summed E-state index contributed by atoms with van der Waals surface area (Å²) in [6, 6.07) is 9.40. The first kappa shape index (κ1) is 10.5. The van der Waals surface area contributed by atoms with Gasteiger partial charge in [0.2, 0.25) is 11.8 Å². The summed E-state index contributed by atoms with van der Waals surface area (Å²) in [4.78, 5) is 25.4. The Balaban J connectivity index is 1.86. The third-order valence-corrected chi connectivity index (χ3v) is 3.52. The third-order valence-electron chi connectivity index (χ3n) is 3.52. The lowest BCUT2D eigenvalue weighted by Crippen LogP contribution is -2.35. The largest absolute Gasteiger partial charge is 0.326 e. The van der Waals surface area contributed by atoms with Crippen LogP contribution in [0, 0.1) is 0 Å². The van der Waals surface area contributed by atoms with E-state index in [4.69, 9.17) is 5.73 Å². The van der Waals surface area contributed by atoms with Gasteiger partial charge in [0, 0.05) is 12.5 Å². The van der Waals surface area contributed by atoms with Gasteiger partial charge in [-0.3, -0.25) is 14.5 Å². The fourth-order valence-corrected chi connectivity index (χ4v) is 2.44. The number of rotatable bonds is 2. The fraction of sp³-hybridized carbons (Fsp3) is 0.385. The van der Waals surface area contributed by atoms with Crippen LogP contribution in [0.15, 0.2) is 30.3 Å². The van der Waals surface area contributed by atoms with Crippen molar-refractivity contribution in [3.05, 3.63) is 35.9 Å². The lowest BCUT2D eigenvalue weighted by Gasteiger charge is -2.14. The second kappa shape index (κ2) is 3.67. The average Bonchev–Trinajstić information content (AvgIpc) is 2.96. The summed E-state index contributed by atoms with van der Waals surface area (Å²) in [5.41, 5.74) is 6.63. The number of nitrogens with zero attached hydrogens (tertiary/aromatic N) is 1. The number of amides is 2. The molecule has 0 spiro atoms. The van der Waals surface area contributed by atoms with E-state index in [9.17, 15) is 9.59 Å². The van der Waals surface area contributed by atoms with Crippen molar-refractivity contribution in [2.75, 3.05) is 0 Å². The standard InChI is InChI=1S/C13H14N2O2/c14-10-7-11(10)15-12(16)6-9(13(15)17)8-4-2-1-3-5-8/h1-5,9-11H,6-7,14H2. The van der Waals surface area contributed by atoms with Crippen molar-refractivity contribution >= 4 is 11.8 Å². The molecule has 1 heterocycles. The van der Waals surface area contributed by atoms with E-state index in [0.29, 0.717) is 0 Å². The van der Waals surface area contributed by atoms with E-state index in [1.54, 1.807) is 0 Å². The van der Waals surface area contributed by atoms with Crippen LogP contribution in [0.1, 0.15) is 24.3 Å². The van der Waals surface area contributed by atoms with Crippen LogP contribution >= 0.6 is 0 Å². The molecule has 2 fully saturated rings. The maximum absolute atomic E-state index is 12.2. The minimum absolute atomic E-state index is 0.0163. The van der Waals surface area contributed by atoms with Gasteiger partial charge in [-0.1, -0.05) is 30.3 Å². The summed E-state index contributed by atoms with van der Waals surface area (Å²) in [7, 11) is 0. The molecule has 4 nitrogen and oxygen atoms in total. The molecule has 4 heteroatoms. The first-order valence-corrected chi connectivity index (χ1v) is 5.85. The number of likely N-dealkylation sites (tertiary alicyclic amines) is 1. The first-order valence-electron chi connectivity index (χ1n) is 5.85. The Hall–Kier alpha value is -1.68. The van der Waals surface area contributed by atoms with Crippen LogP contribution in [0.3, 0.4) is 0 Å². The van der Waals surface area contributed by atoms with Gasteiger partial charge in [0.25, 0.3) is 0 Å². The topological polar surface area (TPSA) is 63.4 Å². The molecule has 0 radical (unpaired) electrons. The molecule has 1 aromatic rings. The van der Waals surface area contributed by atoms with Gasteiger partial charge in [0.05, 0.1) is 12.0 Å². The average molecular weight is 230 g/mol. The van der Waals surface area contributed by atoms with E-state index in [1.165, 1.54) is 4.90 Å². The van der Waals surface area contributed by atoms with Gasteiger partial charge in [-0.05, 0) is 12.0 Å². The number of benzene rings is 1. The molecular formula is C13H14N2O2. The van der Waals surface area contributed by atoms with Crippen LogP contribution in [-0.2, 0) is 9.59 Å². The Morgan fingerprint density at radius 1 is 1.18 bits per heavy atom. The number of carbonyl (C=O) groups is 2. The van der Waals surface area contributed by atoms with Crippen LogP contribution < -0.4 is 5.73 Å². The second-order valence-corrected chi connectivity index (χ2v) is 4.74. The van der Waals surface area contributed by atoms with Gasteiger partial charge in [-0.15, -0.1) is 0 Å². The van der Waals surface area contributed by atoms with Crippen molar-refractivity contribution in [3.63, 3.8) is 0 Å². The lowest BCUT2D eigenvalue weighted by molar-refractivity contribution is -0.139. The molecule has 3 atom stereocenters. The van der Waals surface area contributed by atoms with Gasteiger partial charge in [0.15, 0.2) is 0 Å². The molecule has 2 aliphatic rings. The summed E-state index contributed by atoms with van der Waals surface area (Å²) in [5.74, 6) is -0.475. The molecule has 1 aromatic carbocycles. The highest BCUT2D eigenvalue weighted by Crippen LogP contribution is 2.36. The number of hydrogen-bond acceptors (Lipinski definition) is 3. The summed E-state index contributed by atoms with van der Waals surface area (Å²) in [5, 5.41) is 0. The van der Waals surface area contributed by atoms with Crippen molar-refractivity contribution in [1.29, 1.82) is 0 Å². The summed E-state index contributed by atoms with van der Waals surface area (Å²) in [6.45, 7) is 0. The van der Waals surface area contributed by atoms with Gasteiger partial charge < -0.3 is 5.73 Å². The van der Waals surface area contributed by atoms with Crippen molar-refractivity contribution < 1.29 is 9.59 Å². The number of imide groups is 1. The smallest absolute Gasteiger partial charge is 0.237 e. The Morgan fingerprint density at radius 3 is 2.41 bits per heavy atom.